The van der Waals surface area contributed by atoms with E-state index in [1.54, 1.807) is 6.20 Å². The van der Waals surface area contributed by atoms with Crippen molar-refractivity contribution >= 4 is 5.91 Å². The third-order valence-corrected chi connectivity index (χ3v) is 4.16. The van der Waals surface area contributed by atoms with E-state index in [4.69, 9.17) is 4.52 Å². The number of aromatic nitrogens is 4. The molecule has 0 unspecified atom stereocenters. The van der Waals surface area contributed by atoms with Gasteiger partial charge in [0, 0.05) is 37.3 Å². The number of rotatable bonds is 7. The number of amides is 1. The zero-order chi connectivity index (χ0) is 18.5. The highest BCUT2D eigenvalue weighted by Gasteiger charge is 2.17. The molecule has 0 radical (unpaired) electrons. The maximum absolute atomic E-state index is 12.2. The van der Waals surface area contributed by atoms with Crippen molar-refractivity contribution < 1.29 is 9.32 Å². The molecule has 2 heterocycles. The van der Waals surface area contributed by atoms with Gasteiger partial charge in [-0.05, 0) is 19.9 Å². The first-order chi connectivity index (χ1) is 12.6. The van der Waals surface area contributed by atoms with E-state index in [1.165, 1.54) is 0 Å². The van der Waals surface area contributed by atoms with Crippen LogP contribution in [0.1, 0.15) is 43.6 Å². The second-order valence-electron chi connectivity index (χ2n) is 6.26. The highest BCUT2D eigenvalue weighted by Crippen LogP contribution is 2.19. The molecule has 1 N–H and O–H groups in total. The molecule has 0 aliphatic heterocycles. The Hall–Kier alpha value is -2.96. The summed E-state index contributed by atoms with van der Waals surface area (Å²) in [6.07, 6.45) is 4.85. The number of carbonyl (C=O) groups is 1. The van der Waals surface area contributed by atoms with Crippen LogP contribution >= 0.6 is 0 Å². The molecule has 1 aromatic carbocycles. The van der Waals surface area contributed by atoms with Gasteiger partial charge in [0.05, 0.1) is 0 Å². The van der Waals surface area contributed by atoms with Crippen LogP contribution in [0.2, 0.25) is 0 Å². The predicted molar refractivity (Wildman–Crippen MR) is 97.3 cm³/mol. The summed E-state index contributed by atoms with van der Waals surface area (Å²) < 4.78 is 7.31. The standard InChI is InChI=1S/C19H23N5O2/c1-4-16-20-9-11-24(16)10-8-17(25)21-14(3)19-22-18(23-26-19)15-7-5-6-13(2)12-15/h5-7,9,11-12,14H,4,8,10H2,1-3H3,(H,21,25)/t14-/m0/s1. The van der Waals surface area contributed by atoms with E-state index in [-0.39, 0.29) is 11.9 Å². The van der Waals surface area contributed by atoms with Crippen molar-refractivity contribution in [1.82, 2.24) is 25.0 Å². The van der Waals surface area contributed by atoms with Crippen molar-refractivity contribution in [2.45, 2.75) is 46.2 Å². The topological polar surface area (TPSA) is 85.8 Å². The molecule has 1 atom stereocenters. The Bertz CT molecular complexity index is 883. The Balaban J connectivity index is 1.58. The SMILES string of the molecule is CCc1nccn1CCC(=O)N[C@@H](C)c1nc(-c2cccc(C)c2)no1. The van der Waals surface area contributed by atoms with Crippen molar-refractivity contribution in [3.8, 4) is 11.4 Å². The van der Waals surface area contributed by atoms with E-state index in [9.17, 15) is 4.79 Å². The maximum Gasteiger partial charge on any atom is 0.249 e. The van der Waals surface area contributed by atoms with Gasteiger partial charge in [-0.2, -0.15) is 4.98 Å². The molecule has 0 aliphatic rings. The van der Waals surface area contributed by atoms with Gasteiger partial charge in [-0.3, -0.25) is 4.79 Å². The summed E-state index contributed by atoms with van der Waals surface area (Å²) >= 11 is 0. The molecular weight excluding hydrogens is 330 g/mol. The summed E-state index contributed by atoms with van der Waals surface area (Å²) in [5.74, 6) is 1.83. The van der Waals surface area contributed by atoms with Gasteiger partial charge in [0.1, 0.15) is 11.9 Å². The van der Waals surface area contributed by atoms with E-state index >= 15 is 0 Å². The molecular formula is C19H23N5O2. The van der Waals surface area contributed by atoms with Gasteiger partial charge < -0.3 is 14.4 Å². The summed E-state index contributed by atoms with van der Waals surface area (Å²) in [4.78, 5) is 20.9. The highest BCUT2D eigenvalue weighted by molar-refractivity contribution is 5.76. The van der Waals surface area contributed by atoms with Gasteiger partial charge >= 0.3 is 0 Å². The monoisotopic (exact) mass is 353 g/mol. The lowest BCUT2D eigenvalue weighted by Crippen LogP contribution is -2.27. The van der Waals surface area contributed by atoms with Crippen LogP contribution in [0.4, 0.5) is 0 Å². The van der Waals surface area contributed by atoms with Crippen molar-refractivity contribution in [2.75, 3.05) is 0 Å². The molecule has 2 aromatic heterocycles. The van der Waals surface area contributed by atoms with E-state index in [1.807, 2.05) is 55.8 Å². The van der Waals surface area contributed by atoms with E-state index in [2.05, 4.69) is 20.4 Å². The van der Waals surface area contributed by atoms with Crippen LogP contribution in [-0.2, 0) is 17.8 Å². The molecule has 0 saturated heterocycles. The molecule has 0 bridgehead atoms. The van der Waals surface area contributed by atoms with E-state index in [0.29, 0.717) is 24.7 Å². The Morgan fingerprint density at radius 3 is 3.00 bits per heavy atom. The number of aryl methyl sites for hydroxylation is 3. The normalized spacial score (nSPS) is 12.1. The van der Waals surface area contributed by atoms with Gasteiger partial charge in [-0.1, -0.05) is 35.8 Å². The Morgan fingerprint density at radius 1 is 1.38 bits per heavy atom. The average molecular weight is 353 g/mol. The summed E-state index contributed by atoms with van der Waals surface area (Å²) in [6.45, 7) is 6.49. The first kappa shape index (κ1) is 17.8. The average Bonchev–Trinajstić information content (AvgIpc) is 3.29. The van der Waals surface area contributed by atoms with Crippen LogP contribution in [-0.4, -0.2) is 25.6 Å². The lowest BCUT2D eigenvalue weighted by molar-refractivity contribution is -0.122. The quantitative estimate of drug-likeness (QED) is 0.705. The Kier molecular flexibility index (Phi) is 5.46. The number of nitrogens with zero attached hydrogens (tertiary/aromatic N) is 4. The molecule has 26 heavy (non-hydrogen) atoms. The van der Waals surface area contributed by atoms with Crippen molar-refractivity contribution in [3.63, 3.8) is 0 Å². The fourth-order valence-corrected chi connectivity index (χ4v) is 2.77. The molecule has 7 nitrogen and oxygen atoms in total. The van der Waals surface area contributed by atoms with Crippen molar-refractivity contribution in [3.05, 3.63) is 53.9 Å². The number of hydrogen-bond donors (Lipinski definition) is 1. The molecule has 3 rings (SSSR count). The molecule has 0 aliphatic carbocycles. The summed E-state index contributed by atoms with van der Waals surface area (Å²) in [6, 6.07) is 7.54. The van der Waals surface area contributed by atoms with Crippen LogP contribution < -0.4 is 5.32 Å². The number of nitrogens with one attached hydrogen (secondary N) is 1. The Labute approximate surface area is 152 Å². The molecule has 0 fully saturated rings. The first-order valence-electron chi connectivity index (χ1n) is 8.77. The van der Waals surface area contributed by atoms with Gasteiger partial charge in [-0.25, -0.2) is 4.98 Å². The molecule has 0 saturated carbocycles. The largest absolute Gasteiger partial charge is 0.345 e. The van der Waals surface area contributed by atoms with E-state index in [0.717, 1.165) is 23.4 Å². The Morgan fingerprint density at radius 2 is 2.23 bits per heavy atom. The van der Waals surface area contributed by atoms with Gasteiger partial charge in [0.15, 0.2) is 0 Å². The summed E-state index contributed by atoms with van der Waals surface area (Å²) in [5.41, 5.74) is 2.02. The second-order valence-corrected chi connectivity index (χ2v) is 6.26. The van der Waals surface area contributed by atoms with Crippen molar-refractivity contribution in [1.29, 1.82) is 0 Å². The number of imidazole rings is 1. The minimum absolute atomic E-state index is 0.0661. The number of carbonyl (C=O) groups excluding carboxylic acids is 1. The lowest BCUT2D eigenvalue weighted by Gasteiger charge is -2.10. The van der Waals surface area contributed by atoms with Gasteiger partial charge in [0.25, 0.3) is 0 Å². The van der Waals surface area contributed by atoms with Gasteiger partial charge in [-0.15, -0.1) is 0 Å². The van der Waals surface area contributed by atoms with Crippen molar-refractivity contribution in [2.24, 2.45) is 0 Å². The van der Waals surface area contributed by atoms with Crippen LogP contribution in [0.15, 0.2) is 41.2 Å². The molecule has 1 amide bonds. The number of hydrogen-bond acceptors (Lipinski definition) is 5. The third-order valence-electron chi connectivity index (χ3n) is 4.16. The van der Waals surface area contributed by atoms with Crippen LogP contribution in [0.3, 0.4) is 0 Å². The second kappa shape index (κ2) is 7.95. The minimum Gasteiger partial charge on any atom is -0.345 e. The fraction of sp³-hybridized carbons (Fsp3) is 0.368. The van der Waals surface area contributed by atoms with Gasteiger partial charge in [0.2, 0.25) is 17.6 Å². The van der Waals surface area contributed by atoms with Crippen LogP contribution in [0.5, 0.6) is 0 Å². The predicted octanol–water partition coefficient (Wildman–Crippen LogP) is 3.07. The molecule has 3 aromatic rings. The summed E-state index contributed by atoms with van der Waals surface area (Å²) in [5, 5.41) is 6.92. The first-order valence-corrected chi connectivity index (χ1v) is 8.77. The maximum atomic E-state index is 12.2. The fourth-order valence-electron chi connectivity index (χ4n) is 2.77. The number of benzene rings is 1. The lowest BCUT2D eigenvalue weighted by atomic mass is 10.1. The minimum atomic E-state index is -0.345. The van der Waals surface area contributed by atoms with Crippen LogP contribution in [0.25, 0.3) is 11.4 Å². The smallest absolute Gasteiger partial charge is 0.249 e. The van der Waals surface area contributed by atoms with Crippen LogP contribution in [0, 0.1) is 6.92 Å². The molecule has 136 valence electrons. The third kappa shape index (κ3) is 4.17. The molecule has 7 heteroatoms. The highest BCUT2D eigenvalue weighted by atomic mass is 16.5. The zero-order valence-corrected chi connectivity index (χ0v) is 15.3. The van der Waals surface area contributed by atoms with E-state index < -0.39 is 0 Å². The summed E-state index contributed by atoms with van der Waals surface area (Å²) in [7, 11) is 0. The zero-order valence-electron chi connectivity index (χ0n) is 15.3. The molecule has 0 spiro atoms.